The number of nitrogens with one attached hydrogen (secondary N) is 2. The Morgan fingerprint density at radius 2 is 1.93 bits per heavy atom. The SMILES string of the molecule is CN(C)[C@H](CNC(=O)Cc1n[nH]c(=O)c2ccccc12)c1cccc(F)c1. The van der Waals surface area contributed by atoms with Gasteiger partial charge in [0.2, 0.25) is 5.91 Å². The normalized spacial score (nSPS) is 12.3. The number of amides is 1. The number of H-pyrrole nitrogens is 1. The maximum Gasteiger partial charge on any atom is 0.272 e. The van der Waals surface area contributed by atoms with Crippen molar-refractivity contribution < 1.29 is 9.18 Å². The van der Waals surface area contributed by atoms with Gasteiger partial charge < -0.3 is 10.2 Å². The van der Waals surface area contributed by atoms with Crippen LogP contribution in [0.1, 0.15) is 17.3 Å². The van der Waals surface area contributed by atoms with Crippen molar-refractivity contribution in [2.45, 2.75) is 12.5 Å². The maximum absolute atomic E-state index is 13.5. The smallest absolute Gasteiger partial charge is 0.272 e. The lowest BCUT2D eigenvalue weighted by molar-refractivity contribution is -0.120. The molecule has 0 unspecified atom stereocenters. The first kappa shape index (κ1) is 18.7. The molecule has 1 atom stereocenters. The Morgan fingerprint density at radius 3 is 2.63 bits per heavy atom. The molecule has 2 aromatic carbocycles. The molecular formula is C20H21FN4O2. The van der Waals surface area contributed by atoms with Gasteiger partial charge in [0.1, 0.15) is 5.82 Å². The van der Waals surface area contributed by atoms with Gasteiger partial charge in [0, 0.05) is 11.9 Å². The lowest BCUT2D eigenvalue weighted by Gasteiger charge is -2.25. The second-order valence-corrected chi connectivity index (χ2v) is 6.56. The summed E-state index contributed by atoms with van der Waals surface area (Å²) < 4.78 is 13.5. The number of benzene rings is 2. The molecule has 0 aliphatic heterocycles. The first-order valence-corrected chi connectivity index (χ1v) is 8.60. The second-order valence-electron chi connectivity index (χ2n) is 6.56. The molecule has 0 saturated carbocycles. The third kappa shape index (κ3) is 4.38. The largest absolute Gasteiger partial charge is 0.354 e. The van der Waals surface area contributed by atoms with Gasteiger partial charge in [-0.15, -0.1) is 0 Å². The van der Waals surface area contributed by atoms with Crippen LogP contribution in [0.25, 0.3) is 10.8 Å². The molecular weight excluding hydrogens is 347 g/mol. The number of aromatic nitrogens is 2. The molecule has 2 N–H and O–H groups in total. The van der Waals surface area contributed by atoms with E-state index in [1.165, 1.54) is 12.1 Å². The Labute approximate surface area is 156 Å². The molecule has 1 amide bonds. The lowest BCUT2D eigenvalue weighted by Crippen LogP contribution is -2.35. The van der Waals surface area contributed by atoms with Crippen molar-refractivity contribution in [3.8, 4) is 0 Å². The Morgan fingerprint density at radius 1 is 1.19 bits per heavy atom. The molecule has 0 spiro atoms. The highest BCUT2D eigenvalue weighted by Gasteiger charge is 2.17. The van der Waals surface area contributed by atoms with Gasteiger partial charge in [0.15, 0.2) is 0 Å². The molecule has 7 heteroatoms. The molecule has 0 saturated heterocycles. The highest BCUT2D eigenvalue weighted by Crippen LogP contribution is 2.18. The zero-order valence-corrected chi connectivity index (χ0v) is 15.2. The Bertz CT molecular complexity index is 1020. The summed E-state index contributed by atoms with van der Waals surface area (Å²) in [6.45, 7) is 0.330. The first-order valence-electron chi connectivity index (χ1n) is 8.60. The van der Waals surface area contributed by atoms with E-state index in [1.54, 1.807) is 30.3 Å². The summed E-state index contributed by atoms with van der Waals surface area (Å²) in [4.78, 5) is 26.2. The Balaban J connectivity index is 1.72. The van der Waals surface area contributed by atoms with E-state index < -0.39 is 0 Å². The predicted octanol–water partition coefficient (Wildman–Crippen LogP) is 2.02. The van der Waals surface area contributed by atoms with E-state index in [-0.39, 0.29) is 29.7 Å². The van der Waals surface area contributed by atoms with E-state index in [9.17, 15) is 14.0 Å². The molecule has 0 fully saturated rings. The van der Waals surface area contributed by atoms with Gasteiger partial charge in [-0.1, -0.05) is 30.3 Å². The Hall–Kier alpha value is -3.06. The summed E-state index contributed by atoms with van der Waals surface area (Å²) in [6.07, 6.45) is 0.0423. The van der Waals surface area contributed by atoms with Gasteiger partial charge in [-0.3, -0.25) is 9.59 Å². The minimum atomic E-state index is -0.311. The average molecular weight is 368 g/mol. The van der Waals surface area contributed by atoms with Crippen LogP contribution in [0, 0.1) is 5.82 Å². The number of fused-ring (bicyclic) bond motifs is 1. The van der Waals surface area contributed by atoms with Crippen LogP contribution in [0.5, 0.6) is 0 Å². The number of nitrogens with zero attached hydrogens (tertiary/aromatic N) is 2. The van der Waals surface area contributed by atoms with E-state index in [2.05, 4.69) is 15.5 Å². The van der Waals surface area contributed by atoms with Crippen molar-refractivity contribution in [1.29, 1.82) is 0 Å². The molecule has 1 heterocycles. The fourth-order valence-corrected chi connectivity index (χ4v) is 3.04. The molecule has 140 valence electrons. The average Bonchev–Trinajstić information content (AvgIpc) is 2.64. The molecule has 0 aliphatic rings. The van der Waals surface area contributed by atoms with Crippen LogP contribution in [0.3, 0.4) is 0 Å². The van der Waals surface area contributed by atoms with Crippen molar-refractivity contribution in [2.24, 2.45) is 0 Å². The minimum Gasteiger partial charge on any atom is -0.354 e. The number of aromatic amines is 1. The molecule has 3 rings (SSSR count). The quantitative estimate of drug-likeness (QED) is 0.698. The second kappa shape index (κ2) is 8.09. The summed E-state index contributed by atoms with van der Waals surface area (Å²) in [5.74, 6) is -0.530. The number of carbonyl (C=O) groups excluding carboxylic acids is 1. The number of hydrogen-bond donors (Lipinski definition) is 2. The highest BCUT2D eigenvalue weighted by molar-refractivity contribution is 5.88. The molecule has 0 aliphatic carbocycles. The number of carbonyl (C=O) groups is 1. The van der Waals surface area contributed by atoms with E-state index in [0.717, 1.165) is 5.56 Å². The number of rotatable bonds is 6. The van der Waals surface area contributed by atoms with Gasteiger partial charge in [-0.2, -0.15) is 5.10 Å². The standard InChI is InChI=1S/C20H21FN4O2/c1-25(2)18(13-6-5-7-14(21)10-13)12-22-19(26)11-17-15-8-3-4-9-16(15)20(27)24-23-17/h3-10,18H,11-12H2,1-2H3,(H,22,26)(H,24,27)/t18-/m1/s1. The minimum absolute atomic E-state index is 0.0423. The van der Waals surface area contributed by atoms with Crippen LogP contribution < -0.4 is 10.9 Å². The van der Waals surface area contributed by atoms with E-state index in [4.69, 9.17) is 0 Å². The number of likely N-dealkylation sites (N-methyl/N-ethyl adjacent to an activating group) is 1. The third-order valence-electron chi connectivity index (χ3n) is 4.45. The summed E-state index contributed by atoms with van der Waals surface area (Å²) in [7, 11) is 3.75. The topological polar surface area (TPSA) is 78.1 Å². The maximum atomic E-state index is 13.5. The molecule has 0 radical (unpaired) electrons. The van der Waals surface area contributed by atoms with Crippen LogP contribution >= 0.6 is 0 Å². The number of halogens is 1. The lowest BCUT2D eigenvalue weighted by atomic mass is 10.1. The fraction of sp³-hybridized carbons (Fsp3) is 0.250. The fourth-order valence-electron chi connectivity index (χ4n) is 3.04. The highest BCUT2D eigenvalue weighted by atomic mass is 19.1. The molecule has 1 aromatic heterocycles. The summed E-state index contributed by atoms with van der Waals surface area (Å²) in [5.41, 5.74) is 1.01. The summed E-state index contributed by atoms with van der Waals surface area (Å²) in [5, 5.41) is 10.5. The van der Waals surface area contributed by atoms with Crippen LogP contribution in [-0.4, -0.2) is 41.6 Å². The van der Waals surface area contributed by atoms with Gasteiger partial charge >= 0.3 is 0 Å². The van der Waals surface area contributed by atoms with Crippen molar-refractivity contribution in [3.05, 3.63) is 76.0 Å². The van der Waals surface area contributed by atoms with Crippen molar-refractivity contribution >= 4 is 16.7 Å². The third-order valence-corrected chi connectivity index (χ3v) is 4.45. The molecule has 6 nitrogen and oxygen atoms in total. The van der Waals surface area contributed by atoms with Gasteiger partial charge in [-0.05, 0) is 37.9 Å². The van der Waals surface area contributed by atoms with E-state index >= 15 is 0 Å². The molecule has 27 heavy (non-hydrogen) atoms. The zero-order valence-electron chi connectivity index (χ0n) is 15.2. The summed E-state index contributed by atoms with van der Waals surface area (Å²) in [6, 6.07) is 13.2. The van der Waals surface area contributed by atoms with Gasteiger partial charge in [-0.25, -0.2) is 9.49 Å². The predicted molar refractivity (Wildman–Crippen MR) is 102 cm³/mol. The van der Waals surface area contributed by atoms with E-state index in [0.29, 0.717) is 23.0 Å². The summed E-state index contributed by atoms with van der Waals surface area (Å²) >= 11 is 0. The van der Waals surface area contributed by atoms with Crippen molar-refractivity contribution in [1.82, 2.24) is 20.4 Å². The van der Waals surface area contributed by atoms with Crippen LogP contribution in [0.2, 0.25) is 0 Å². The zero-order chi connectivity index (χ0) is 19.4. The van der Waals surface area contributed by atoms with Crippen LogP contribution in [-0.2, 0) is 11.2 Å². The Kier molecular flexibility index (Phi) is 5.61. The molecule has 0 bridgehead atoms. The van der Waals surface area contributed by atoms with Crippen molar-refractivity contribution in [2.75, 3.05) is 20.6 Å². The van der Waals surface area contributed by atoms with E-state index in [1.807, 2.05) is 25.1 Å². The van der Waals surface area contributed by atoms with Crippen LogP contribution in [0.4, 0.5) is 4.39 Å². The number of hydrogen-bond acceptors (Lipinski definition) is 4. The van der Waals surface area contributed by atoms with Crippen LogP contribution in [0.15, 0.2) is 53.3 Å². The van der Waals surface area contributed by atoms with Gasteiger partial charge in [0.05, 0.1) is 23.5 Å². The molecule has 3 aromatic rings. The monoisotopic (exact) mass is 368 g/mol. The first-order chi connectivity index (χ1) is 13.0. The van der Waals surface area contributed by atoms with Gasteiger partial charge in [0.25, 0.3) is 5.56 Å². The van der Waals surface area contributed by atoms with Crippen molar-refractivity contribution in [3.63, 3.8) is 0 Å².